The summed E-state index contributed by atoms with van der Waals surface area (Å²) in [5.41, 5.74) is 0.831. The molecular formula is C23H34O4. The van der Waals surface area contributed by atoms with Crippen molar-refractivity contribution in [3.8, 4) is 0 Å². The van der Waals surface area contributed by atoms with Crippen molar-refractivity contribution >= 4 is 11.8 Å². The van der Waals surface area contributed by atoms with Crippen molar-refractivity contribution in [2.45, 2.75) is 78.2 Å². The van der Waals surface area contributed by atoms with Crippen molar-refractivity contribution in [3.05, 3.63) is 11.6 Å². The van der Waals surface area contributed by atoms with Crippen LogP contribution in [0.3, 0.4) is 0 Å². The van der Waals surface area contributed by atoms with Crippen LogP contribution in [-0.2, 0) is 14.3 Å². The number of ketones is 1. The lowest BCUT2D eigenvalue weighted by Crippen LogP contribution is -2.56. The second-order valence-electron chi connectivity index (χ2n) is 10.0. The van der Waals surface area contributed by atoms with Crippen LogP contribution in [0.1, 0.15) is 72.1 Å². The van der Waals surface area contributed by atoms with E-state index in [0.29, 0.717) is 24.2 Å². The number of fused-ring (bicyclic) bond motifs is 3. The topological polar surface area (TPSA) is 63.6 Å². The first-order valence-corrected chi connectivity index (χ1v) is 10.9. The molecule has 27 heavy (non-hydrogen) atoms. The van der Waals surface area contributed by atoms with Gasteiger partial charge in [0.05, 0.1) is 6.10 Å². The minimum atomic E-state index is -0.382. The van der Waals surface area contributed by atoms with Crippen molar-refractivity contribution in [3.63, 3.8) is 0 Å². The first kappa shape index (κ1) is 19.2. The van der Waals surface area contributed by atoms with E-state index in [1.165, 1.54) is 0 Å². The van der Waals surface area contributed by atoms with Crippen molar-refractivity contribution in [2.75, 3.05) is 6.61 Å². The molecule has 0 spiro atoms. The van der Waals surface area contributed by atoms with Gasteiger partial charge in [-0.25, -0.2) is 4.79 Å². The molecule has 1 aliphatic heterocycles. The van der Waals surface area contributed by atoms with Crippen LogP contribution in [0.15, 0.2) is 11.6 Å². The zero-order valence-corrected chi connectivity index (χ0v) is 17.0. The monoisotopic (exact) mass is 374 g/mol. The van der Waals surface area contributed by atoms with E-state index in [2.05, 4.69) is 20.8 Å². The second kappa shape index (κ2) is 6.72. The molecule has 0 aromatic heterocycles. The Morgan fingerprint density at radius 3 is 2.63 bits per heavy atom. The van der Waals surface area contributed by atoms with Crippen molar-refractivity contribution < 1.29 is 19.4 Å². The summed E-state index contributed by atoms with van der Waals surface area (Å²) in [4.78, 5) is 25.4. The maximum Gasteiger partial charge on any atom is 0.331 e. The first-order valence-electron chi connectivity index (χ1n) is 10.9. The molecule has 4 aliphatic rings. The number of aliphatic hydroxyl groups is 1. The van der Waals surface area contributed by atoms with Gasteiger partial charge in [-0.1, -0.05) is 20.8 Å². The molecule has 3 aliphatic carbocycles. The third-order valence-corrected chi connectivity index (χ3v) is 8.85. The minimum absolute atomic E-state index is 0.108. The molecule has 7 atom stereocenters. The van der Waals surface area contributed by atoms with Gasteiger partial charge in [0.1, 0.15) is 12.4 Å². The van der Waals surface area contributed by atoms with Gasteiger partial charge in [0.15, 0.2) is 0 Å². The summed E-state index contributed by atoms with van der Waals surface area (Å²) in [6.45, 7) is 7.01. The molecule has 1 heterocycles. The van der Waals surface area contributed by atoms with Crippen LogP contribution in [0.4, 0.5) is 0 Å². The number of hydrogen-bond acceptors (Lipinski definition) is 4. The average Bonchev–Trinajstić information content (AvgIpc) is 3.05. The molecular weight excluding hydrogens is 340 g/mol. The van der Waals surface area contributed by atoms with Crippen LogP contribution in [0.25, 0.3) is 0 Å². The highest BCUT2D eigenvalue weighted by Gasteiger charge is 2.58. The fourth-order valence-corrected chi connectivity index (χ4v) is 7.28. The summed E-state index contributed by atoms with van der Waals surface area (Å²) in [6, 6.07) is 0. The van der Waals surface area contributed by atoms with E-state index >= 15 is 0 Å². The number of Topliss-reactive ketones (excluding diaryl/α,β-unsaturated/α-hetero) is 1. The van der Waals surface area contributed by atoms with Gasteiger partial charge < -0.3 is 9.84 Å². The van der Waals surface area contributed by atoms with Crippen LogP contribution >= 0.6 is 0 Å². The molecule has 0 amide bonds. The lowest BCUT2D eigenvalue weighted by atomic mass is 9.45. The van der Waals surface area contributed by atoms with Crippen LogP contribution in [0, 0.1) is 34.5 Å². The van der Waals surface area contributed by atoms with Crippen LogP contribution in [0.2, 0.25) is 0 Å². The van der Waals surface area contributed by atoms with Crippen LogP contribution < -0.4 is 0 Å². The lowest BCUT2D eigenvalue weighted by molar-refractivity contribution is -0.156. The van der Waals surface area contributed by atoms with Crippen molar-refractivity contribution in [1.82, 2.24) is 0 Å². The molecule has 0 aromatic carbocycles. The lowest BCUT2D eigenvalue weighted by Gasteiger charge is -2.58. The Labute approximate surface area is 162 Å². The van der Waals surface area contributed by atoms with Gasteiger partial charge >= 0.3 is 5.97 Å². The van der Waals surface area contributed by atoms with E-state index in [-0.39, 0.29) is 34.7 Å². The summed E-state index contributed by atoms with van der Waals surface area (Å²) in [6.07, 6.45) is 9.22. The first-order chi connectivity index (χ1) is 12.8. The predicted molar refractivity (Wildman–Crippen MR) is 103 cm³/mol. The van der Waals surface area contributed by atoms with Gasteiger partial charge in [-0.3, -0.25) is 4.79 Å². The molecule has 0 saturated heterocycles. The Morgan fingerprint density at radius 1 is 1.19 bits per heavy atom. The summed E-state index contributed by atoms with van der Waals surface area (Å²) >= 11 is 0. The Bertz CT molecular complexity index is 667. The van der Waals surface area contributed by atoms with E-state index in [1.54, 1.807) is 6.08 Å². The van der Waals surface area contributed by atoms with Gasteiger partial charge in [0, 0.05) is 17.4 Å². The molecule has 4 nitrogen and oxygen atoms in total. The van der Waals surface area contributed by atoms with Crippen LogP contribution in [0.5, 0.6) is 0 Å². The highest BCUT2D eigenvalue weighted by atomic mass is 16.5. The minimum Gasteiger partial charge on any atom is -0.458 e. The number of carbonyl (C=O) groups is 2. The van der Waals surface area contributed by atoms with E-state index in [0.717, 1.165) is 56.9 Å². The Balaban J connectivity index is 1.60. The number of rotatable bonds is 3. The largest absolute Gasteiger partial charge is 0.458 e. The molecule has 150 valence electrons. The summed E-state index contributed by atoms with van der Waals surface area (Å²) in [5, 5.41) is 10.1. The average molecular weight is 375 g/mol. The zero-order valence-electron chi connectivity index (χ0n) is 17.0. The fourth-order valence-electron chi connectivity index (χ4n) is 7.28. The predicted octanol–water partition coefficient (Wildman–Crippen LogP) is 4.06. The molecule has 4 rings (SSSR count). The molecule has 3 fully saturated rings. The second-order valence-corrected chi connectivity index (χ2v) is 10.0. The van der Waals surface area contributed by atoms with E-state index in [9.17, 15) is 14.7 Å². The molecule has 0 bridgehead atoms. The Hall–Kier alpha value is -1.16. The maximum atomic E-state index is 13.8. The third kappa shape index (κ3) is 2.90. The molecule has 4 heteroatoms. The normalized spacial score (nSPS) is 45.6. The van der Waals surface area contributed by atoms with Gasteiger partial charge in [0.25, 0.3) is 0 Å². The smallest absolute Gasteiger partial charge is 0.331 e. The third-order valence-electron chi connectivity index (χ3n) is 8.85. The number of cyclic esters (lactones) is 1. The number of esters is 1. The Kier molecular flexibility index (Phi) is 4.77. The summed E-state index contributed by atoms with van der Waals surface area (Å²) < 4.78 is 5.16. The number of carbonyl (C=O) groups excluding carboxylic acids is 2. The van der Waals surface area contributed by atoms with Gasteiger partial charge in [-0.05, 0) is 80.1 Å². The molecule has 1 N–H and O–H groups in total. The molecule has 0 radical (unpaired) electrons. The van der Waals surface area contributed by atoms with Gasteiger partial charge in [-0.15, -0.1) is 0 Å². The Morgan fingerprint density at radius 2 is 1.96 bits per heavy atom. The van der Waals surface area contributed by atoms with Crippen molar-refractivity contribution in [1.29, 1.82) is 0 Å². The zero-order chi connectivity index (χ0) is 19.4. The molecule has 0 aromatic rings. The molecule has 2 unspecified atom stereocenters. The molecule has 3 saturated carbocycles. The maximum absolute atomic E-state index is 13.8. The van der Waals surface area contributed by atoms with Gasteiger partial charge in [-0.2, -0.15) is 0 Å². The highest BCUT2D eigenvalue weighted by Crippen LogP contribution is 2.61. The number of ether oxygens (including phenoxy) is 1. The van der Waals surface area contributed by atoms with Gasteiger partial charge in [0.2, 0.25) is 0 Å². The number of aliphatic hydroxyl groups excluding tert-OH is 1. The van der Waals surface area contributed by atoms with E-state index in [1.807, 2.05) is 0 Å². The van der Waals surface area contributed by atoms with Crippen molar-refractivity contribution in [2.24, 2.45) is 34.5 Å². The summed E-state index contributed by atoms with van der Waals surface area (Å²) in [5.74, 6) is 1.44. The number of hydrogen-bond donors (Lipinski definition) is 1. The van der Waals surface area contributed by atoms with E-state index < -0.39 is 0 Å². The summed E-state index contributed by atoms with van der Waals surface area (Å²) in [7, 11) is 0. The van der Waals surface area contributed by atoms with Crippen LogP contribution in [-0.4, -0.2) is 29.6 Å². The quantitative estimate of drug-likeness (QED) is 0.757. The SMILES string of the molecule is CC[C@H](C1=CC(=O)OC1)[C@@]1(C)CCC2C(CC[C@@H]3C[C@@H](O)CC[C@]23C)C1=O. The highest BCUT2D eigenvalue weighted by molar-refractivity contribution is 5.90. The fraction of sp³-hybridized carbons (Fsp3) is 0.826. The van der Waals surface area contributed by atoms with E-state index in [4.69, 9.17) is 4.74 Å². The standard InChI is InChI=1S/C23H34O4/c1-4-18(14-11-20(25)27-13-14)23(3)10-8-19-17(21(23)26)6-5-15-12-16(24)7-9-22(15,19)2/h11,15-19,24H,4-10,12-13H2,1-3H3/t15-,16+,17?,18-,19?,22+,23-/m1/s1.